The first kappa shape index (κ1) is 29.2. The number of phosphoric ester groups is 1. The second kappa shape index (κ2) is 11.2. The number of nitrogens with one attached hydrogen (secondary N) is 1. The van der Waals surface area contributed by atoms with Gasteiger partial charge in [0.1, 0.15) is 36.7 Å². The molecule has 0 spiro atoms. The lowest BCUT2D eigenvalue weighted by Crippen LogP contribution is -2.59. The van der Waals surface area contributed by atoms with Crippen molar-refractivity contribution in [2.45, 2.75) is 62.5 Å². The molecular formula is C16H26N2O16P2. The molecule has 0 amide bonds. The highest BCUT2D eigenvalue weighted by Crippen LogP contribution is 2.62. The fourth-order valence-electron chi connectivity index (χ4n) is 3.49. The summed E-state index contributed by atoms with van der Waals surface area (Å²) >= 11 is 0. The van der Waals surface area contributed by atoms with Crippen molar-refractivity contribution >= 4 is 15.6 Å². The van der Waals surface area contributed by atoms with Crippen molar-refractivity contribution in [3.05, 3.63) is 32.6 Å². The van der Waals surface area contributed by atoms with Crippen molar-refractivity contribution in [1.29, 1.82) is 0 Å². The molecule has 0 bridgehead atoms. The summed E-state index contributed by atoms with van der Waals surface area (Å²) in [6.07, 6.45) is -12.4. The van der Waals surface area contributed by atoms with Crippen LogP contribution in [0.3, 0.4) is 0 Å². The van der Waals surface area contributed by atoms with Crippen LogP contribution in [0.1, 0.15) is 18.2 Å². The minimum atomic E-state index is -5.57. The average Bonchev–Trinajstić information content (AvgIpc) is 3.14. The molecule has 8 N–H and O–H groups in total. The van der Waals surface area contributed by atoms with Gasteiger partial charge >= 0.3 is 21.3 Å². The van der Waals surface area contributed by atoms with E-state index in [1.54, 1.807) is 0 Å². The summed E-state index contributed by atoms with van der Waals surface area (Å²) in [6, 6.07) is 0. The predicted molar refractivity (Wildman–Crippen MR) is 112 cm³/mol. The number of hydrogen-bond acceptors (Lipinski definition) is 14. The third-order valence-corrected chi connectivity index (χ3v) is 7.93. The largest absolute Gasteiger partial charge is 0.486 e. The highest BCUT2D eigenvalue weighted by molar-refractivity contribution is 7.61. The molecule has 20 heteroatoms. The first-order chi connectivity index (χ1) is 16.6. The summed E-state index contributed by atoms with van der Waals surface area (Å²) in [4.78, 5) is 43.9. The number of hydrogen-bond donors (Lipinski definition) is 8. The molecule has 2 unspecified atom stereocenters. The van der Waals surface area contributed by atoms with Crippen molar-refractivity contribution in [1.82, 2.24) is 9.55 Å². The van der Waals surface area contributed by atoms with Crippen LogP contribution >= 0.6 is 15.6 Å². The monoisotopic (exact) mass is 564 g/mol. The Balaban J connectivity index is 1.75. The van der Waals surface area contributed by atoms with E-state index < -0.39 is 89.2 Å². The maximum absolute atomic E-state index is 13.0. The van der Waals surface area contributed by atoms with Crippen molar-refractivity contribution in [3.63, 3.8) is 0 Å². The van der Waals surface area contributed by atoms with Crippen molar-refractivity contribution in [2.24, 2.45) is 0 Å². The molecule has 0 radical (unpaired) electrons. The van der Waals surface area contributed by atoms with Gasteiger partial charge in [-0.05, 0) is 6.92 Å². The molecule has 2 fully saturated rings. The van der Waals surface area contributed by atoms with E-state index in [1.807, 2.05) is 0 Å². The summed E-state index contributed by atoms with van der Waals surface area (Å²) in [5.74, 6) is 0. The first-order valence-corrected chi connectivity index (χ1v) is 13.3. The van der Waals surface area contributed by atoms with Gasteiger partial charge in [-0.15, -0.1) is 0 Å². The van der Waals surface area contributed by atoms with Crippen LogP contribution in [0.15, 0.2) is 15.8 Å². The second-order valence-electron chi connectivity index (χ2n) is 8.03. The van der Waals surface area contributed by atoms with Gasteiger partial charge in [-0.2, -0.15) is 4.31 Å². The predicted octanol–water partition coefficient (Wildman–Crippen LogP) is -3.46. The molecule has 3 rings (SSSR count). The van der Waals surface area contributed by atoms with Gasteiger partial charge in [-0.25, -0.2) is 13.9 Å². The van der Waals surface area contributed by atoms with Crippen LogP contribution in [0.5, 0.6) is 0 Å². The van der Waals surface area contributed by atoms with Gasteiger partial charge in [0.05, 0.1) is 19.3 Å². The van der Waals surface area contributed by atoms with E-state index in [0.717, 1.165) is 4.57 Å². The molecule has 36 heavy (non-hydrogen) atoms. The van der Waals surface area contributed by atoms with Crippen LogP contribution in [0.4, 0.5) is 0 Å². The smallest absolute Gasteiger partial charge is 0.394 e. The zero-order valence-corrected chi connectivity index (χ0v) is 20.3. The average molecular weight is 564 g/mol. The van der Waals surface area contributed by atoms with Gasteiger partial charge in [0.15, 0.2) is 6.29 Å². The van der Waals surface area contributed by atoms with Crippen molar-refractivity contribution < 1.29 is 67.3 Å². The van der Waals surface area contributed by atoms with Gasteiger partial charge in [-0.1, -0.05) is 0 Å². The Hall–Kier alpha value is -1.34. The van der Waals surface area contributed by atoms with E-state index in [1.165, 1.54) is 13.1 Å². The minimum absolute atomic E-state index is 0.167. The Kier molecular flexibility index (Phi) is 9.08. The number of ether oxygens (including phenoxy) is 2. The quantitative estimate of drug-likeness (QED) is 0.135. The van der Waals surface area contributed by atoms with Crippen LogP contribution < -0.4 is 11.2 Å². The third kappa shape index (κ3) is 6.75. The first-order valence-electron chi connectivity index (χ1n) is 10.3. The number of aliphatic hydroxyl groups is 5. The molecule has 206 valence electrons. The SMILES string of the molecule is Cc1cn([C@H]2CC(O)[C@@H](COP(=O)(O[C@@H]3O[C@H](CO)[C@@H](O)[C@@H](O)[C@@H]3O)OP(=O)(O)O)O2)c(=O)[nH]c1=O. The van der Waals surface area contributed by atoms with Gasteiger partial charge in [-0.3, -0.25) is 23.4 Å². The fraction of sp³-hybridized carbons (Fsp3) is 0.750. The number of rotatable bonds is 9. The molecule has 1 aromatic heterocycles. The molecule has 2 aliphatic heterocycles. The Morgan fingerprint density at radius 1 is 1.08 bits per heavy atom. The van der Waals surface area contributed by atoms with Gasteiger partial charge < -0.3 is 44.8 Å². The van der Waals surface area contributed by atoms with E-state index in [-0.39, 0.29) is 12.0 Å². The lowest BCUT2D eigenvalue weighted by Gasteiger charge is -2.40. The maximum atomic E-state index is 13.0. The lowest BCUT2D eigenvalue weighted by molar-refractivity contribution is -0.281. The summed E-state index contributed by atoms with van der Waals surface area (Å²) in [6.45, 7) is -0.349. The second-order valence-corrected chi connectivity index (χ2v) is 11.0. The van der Waals surface area contributed by atoms with Crippen LogP contribution in [0.2, 0.25) is 0 Å². The molecule has 2 saturated heterocycles. The van der Waals surface area contributed by atoms with Crippen LogP contribution in [-0.2, 0) is 32.0 Å². The number of phosphoric acid groups is 2. The zero-order valence-electron chi connectivity index (χ0n) is 18.5. The minimum Gasteiger partial charge on any atom is -0.394 e. The molecule has 2 aliphatic rings. The maximum Gasteiger partial charge on any atom is 0.486 e. The number of aliphatic hydroxyl groups excluding tert-OH is 5. The molecule has 3 heterocycles. The van der Waals surface area contributed by atoms with Crippen LogP contribution in [-0.4, -0.2) is 101 Å². The molecular weight excluding hydrogens is 538 g/mol. The van der Waals surface area contributed by atoms with Crippen molar-refractivity contribution in [2.75, 3.05) is 13.2 Å². The molecule has 0 aromatic carbocycles. The number of H-pyrrole nitrogens is 1. The number of aryl methyl sites for hydroxylation is 1. The Morgan fingerprint density at radius 3 is 2.36 bits per heavy atom. The summed E-state index contributed by atoms with van der Waals surface area (Å²) in [5, 5.41) is 49.2. The third-order valence-electron chi connectivity index (χ3n) is 5.35. The van der Waals surface area contributed by atoms with E-state index in [4.69, 9.17) is 28.3 Å². The summed E-state index contributed by atoms with van der Waals surface area (Å²) < 4.78 is 49.6. The van der Waals surface area contributed by atoms with E-state index >= 15 is 0 Å². The van der Waals surface area contributed by atoms with Gasteiger partial charge in [0.2, 0.25) is 0 Å². The highest BCUT2D eigenvalue weighted by atomic mass is 31.3. The zero-order chi connectivity index (χ0) is 27.0. The highest BCUT2D eigenvalue weighted by Gasteiger charge is 2.49. The number of nitrogens with zero attached hydrogens (tertiary/aromatic N) is 1. The van der Waals surface area contributed by atoms with E-state index in [9.17, 15) is 44.3 Å². The number of aromatic nitrogens is 2. The molecule has 0 saturated carbocycles. The van der Waals surface area contributed by atoms with E-state index in [0.29, 0.717) is 0 Å². The standard InChI is InChI=1S/C16H26N2O16P2/c1-6-3-18(16(25)17-14(6)24)10-2-7(20)9(31-10)5-30-36(29,34-35(26,27)28)33-15-13(23)12(22)11(21)8(4-19)32-15/h3,7-13,15,19-23H,2,4-5H2,1H3,(H,17,24,25)(H2,26,27,28)/t7?,8-,9-,10-,11-,12-,13+,15+,36?/m1/s1. The number of aromatic amines is 1. The Labute approximate surface area is 201 Å². The van der Waals surface area contributed by atoms with E-state index in [2.05, 4.69) is 9.29 Å². The Morgan fingerprint density at radius 2 is 1.75 bits per heavy atom. The summed E-state index contributed by atoms with van der Waals surface area (Å²) in [7, 11) is -10.9. The topological polar surface area (TPSA) is 277 Å². The van der Waals surface area contributed by atoms with Gasteiger partial charge in [0, 0.05) is 18.2 Å². The van der Waals surface area contributed by atoms with Crippen LogP contribution in [0.25, 0.3) is 0 Å². The molecule has 18 nitrogen and oxygen atoms in total. The van der Waals surface area contributed by atoms with Crippen molar-refractivity contribution in [3.8, 4) is 0 Å². The Bertz CT molecular complexity index is 1130. The van der Waals surface area contributed by atoms with Crippen LogP contribution in [0, 0.1) is 6.92 Å². The fourth-order valence-corrected chi connectivity index (χ4v) is 5.69. The molecule has 9 atom stereocenters. The normalized spacial score (nSPS) is 35.0. The molecule has 0 aliphatic carbocycles. The van der Waals surface area contributed by atoms with Gasteiger partial charge in [0.25, 0.3) is 5.56 Å². The lowest BCUT2D eigenvalue weighted by atomic mass is 10.00. The molecule has 1 aromatic rings. The summed E-state index contributed by atoms with van der Waals surface area (Å²) in [5.41, 5.74) is -1.30.